The molecule has 3 nitrogen and oxygen atoms in total. The summed E-state index contributed by atoms with van der Waals surface area (Å²) in [6, 6.07) is 12.5. The van der Waals surface area contributed by atoms with E-state index in [0.717, 1.165) is 36.6 Å². The number of aromatic nitrogens is 1. The molecule has 2 N–H and O–H groups in total. The van der Waals surface area contributed by atoms with E-state index in [2.05, 4.69) is 48.0 Å². The number of hydrogen-bond acceptors (Lipinski definition) is 3. The van der Waals surface area contributed by atoms with Gasteiger partial charge < -0.3 is 10.6 Å². The largest absolute Gasteiger partial charge is 0.397 e. The van der Waals surface area contributed by atoms with Crippen LogP contribution in [0, 0.1) is 6.92 Å². The van der Waals surface area contributed by atoms with Crippen LogP contribution in [0.2, 0.25) is 0 Å². The summed E-state index contributed by atoms with van der Waals surface area (Å²) >= 11 is 0. The van der Waals surface area contributed by atoms with Crippen LogP contribution in [-0.4, -0.2) is 11.5 Å². The monoisotopic (exact) mass is 255 g/mol. The van der Waals surface area contributed by atoms with Crippen molar-refractivity contribution < 1.29 is 0 Å². The van der Waals surface area contributed by atoms with Gasteiger partial charge in [0.15, 0.2) is 0 Å². The van der Waals surface area contributed by atoms with Crippen molar-refractivity contribution in [3.8, 4) is 0 Å². The van der Waals surface area contributed by atoms with Gasteiger partial charge in [-0.15, -0.1) is 0 Å². The molecule has 0 atom stereocenters. The number of anilines is 2. The van der Waals surface area contributed by atoms with Crippen LogP contribution in [0.1, 0.15) is 24.5 Å². The molecular weight excluding hydrogens is 234 g/mol. The molecule has 3 heteroatoms. The van der Waals surface area contributed by atoms with Crippen molar-refractivity contribution in [2.24, 2.45) is 0 Å². The van der Waals surface area contributed by atoms with Gasteiger partial charge in [-0.2, -0.15) is 0 Å². The molecule has 0 aliphatic heterocycles. The summed E-state index contributed by atoms with van der Waals surface area (Å²) < 4.78 is 0. The first-order valence-electron chi connectivity index (χ1n) is 6.71. The maximum Gasteiger partial charge on any atom is 0.131 e. The fourth-order valence-electron chi connectivity index (χ4n) is 2.25. The second kappa shape index (κ2) is 6.23. The lowest BCUT2D eigenvalue weighted by molar-refractivity contribution is 0.752. The average Bonchev–Trinajstić information content (AvgIpc) is 2.39. The van der Waals surface area contributed by atoms with Gasteiger partial charge in [-0.3, -0.25) is 0 Å². The van der Waals surface area contributed by atoms with Crippen LogP contribution in [0.4, 0.5) is 11.5 Å². The standard InChI is InChI=1S/C16H21N3/c1-3-9-19(12-14-7-5-4-6-8-14)16-13(2)10-15(17)11-18-16/h4-8,10-11H,3,9,12,17H2,1-2H3. The van der Waals surface area contributed by atoms with Crippen LogP contribution in [0.5, 0.6) is 0 Å². The Morgan fingerprint density at radius 1 is 1.21 bits per heavy atom. The van der Waals surface area contributed by atoms with Gasteiger partial charge in [0, 0.05) is 13.1 Å². The molecule has 0 radical (unpaired) electrons. The van der Waals surface area contributed by atoms with Crippen LogP contribution in [0.3, 0.4) is 0 Å². The highest BCUT2D eigenvalue weighted by molar-refractivity contribution is 5.52. The molecule has 1 aromatic carbocycles. The Kier molecular flexibility index (Phi) is 4.39. The maximum absolute atomic E-state index is 5.77. The summed E-state index contributed by atoms with van der Waals surface area (Å²) in [5.41, 5.74) is 8.92. The summed E-state index contributed by atoms with van der Waals surface area (Å²) in [7, 11) is 0. The van der Waals surface area contributed by atoms with Crippen molar-refractivity contribution in [1.29, 1.82) is 0 Å². The lowest BCUT2D eigenvalue weighted by Gasteiger charge is -2.25. The molecule has 0 aliphatic rings. The number of benzene rings is 1. The van der Waals surface area contributed by atoms with Crippen molar-refractivity contribution in [3.05, 3.63) is 53.7 Å². The summed E-state index contributed by atoms with van der Waals surface area (Å²) in [6.45, 7) is 6.12. The minimum atomic E-state index is 0.720. The van der Waals surface area contributed by atoms with Gasteiger partial charge in [-0.25, -0.2) is 4.98 Å². The predicted molar refractivity (Wildman–Crippen MR) is 81.2 cm³/mol. The summed E-state index contributed by atoms with van der Waals surface area (Å²) in [4.78, 5) is 6.80. The Balaban J connectivity index is 2.24. The first kappa shape index (κ1) is 13.4. The molecule has 2 aromatic rings. The van der Waals surface area contributed by atoms with E-state index in [1.165, 1.54) is 5.56 Å². The molecule has 0 saturated carbocycles. The zero-order valence-corrected chi connectivity index (χ0v) is 11.6. The Bertz CT molecular complexity index is 523. The van der Waals surface area contributed by atoms with E-state index in [9.17, 15) is 0 Å². The van der Waals surface area contributed by atoms with E-state index >= 15 is 0 Å². The molecule has 100 valence electrons. The molecule has 2 rings (SSSR count). The molecule has 0 bridgehead atoms. The molecule has 0 aliphatic carbocycles. The van der Waals surface area contributed by atoms with Crippen LogP contribution in [-0.2, 0) is 6.54 Å². The lowest BCUT2D eigenvalue weighted by Crippen LogP contribution is -2.25. The van der Waals surface area contributed by atoms with Crippen LogP contribution >= 0.6 is 0 Å². The van der Waals surface area contributed by atoms with Gasteiger partial charge in [-0.1, -0.05) is 37.3 Å². The topological polar surface area (TPSA) is 42.2 Å². The number of nitrogen functional groups attached to an aromatic ring is 1. The van der Waals surface area contributed by atoms with E-state index < -0.39 is 0 Å². The molecule has 0 unspecified atom stereocenters. The van der Waals surface area contributed by atoms with E-state index in [1.54, 1.807) is 6.20 Å². The SMILES string of the molecule is CCCN(Cc1ccccc1)c1ncc(N)cc1C. The van der Waals surface area contributed by atoms with Crippen molar-refractivity contribution in [3.63, 3.8) is 0 Å². The van der Waals surface area contributed by atoms with Crippen molar-refractivity contribution in [2.75, 3.05) is 17.2 Å². The van der Waals surface area contributed by atoms with Gasteiger partial charge in [0.25, 0.3) is 0 Å². The van der Waals surface area contributed by atoms with Gasteiger partial charge >= 0.3 is 0 Å². The Morgan fingerprint density at radius 3 is 2.58 bits per heavy atom. The highest BCUT2D eigenvalue weighted by Gasteiger charge is 2.10. The minimum absolute atomic E-state index is 0.720. The molecule has 0 saturated heterocycles. The fraction of sp³-hybridized carbons (Fsp3) is 0.312. The number of aryl methyl sites for hydroxylation is 1. The third-order valence-electron chi connectivity index (χ3n) is 3.08. The van der Waals surface area contributed by atoms with E-state index in [-0.39, 0.29) is 0 Å². The van der Waals surface area contributed by atoms with Crippen molar-refractivity contribution in [2.45, 2.75) is 26.8 Å². The lowest BCUT2D eigenvalue weighted by atomic mass is 10.2. The fourth-order valence-corrected chi connectivity index (χ4v) is 2.25. The normalized spacial score (nSPS) is 10.4. The second-order valence-corrected chi connectivity index (χ2v) is 4.82. The molecule has 0 fully saturated rings. The summed E-state index contributed by atoms with van der Waals surface area (Å²) in [5, 5.41) is 0. The predicted octanol–water partition coefficient (Wildman–Crippen LogP) is 3.39. The van der Waals surface area contributed by atoms with E-state index in [0.29, 0.717) is 0 Å². The van der Waals surface area contributed by atoms with Gasteiger partial charge in [0.05, 0.1) is 11.9 Å². The Hall–Kier alpha value is -2.03. The number of nitrogens with two attached hydrogens (primary N) is 1. The van der Waals surface area contributed by atoms with Crippen molar-refractivity contribution in [1.82, 2.24) is 4.98 Å². The zero-order valence-electron chi connectivity index (χ0n) is 11.6. The Morgan fingerprint density at radius 2 is 1.95 bits per heavy atom. The number of rotatable bonds is 5. The molecule has 1 aromatic heterocycles. The van der Waals surface area contributed by atoms with E-state index in [4.69, 9.17) is 5.73 Å². The minimum Gasteiger partial charge on any atom is -0.397 e. The molecule has 1 heterocycles. The zero-order chi connectivity index (χ0) is 13.7. The van der Waals surface area contributed by atoms with Crippen LogP contribution in [0.15, 0.2) is 42.6 Å². The van der Waals surface area contributed by atoms with Crippen LogP contribution in [0.25, 0.3) is 0 Å². The van der Waals surface area contributed by atoms with Crippen molar-refractivity contribution >= 4 is 11.5 Å². The molecule has 19 heavy (non-hydrogen) atoms. The number of nitrogens with zero attached hydrogens (tertiary/aromatic N) is 2. The molecular formula is C16H21N3. The maximum atomic E-state index is 5.77. The van der Waals surface area contributed by atoms with E-state index in [1.807, 2.05) is 12.1 Å². The highest BCUT2D eigenvalue weighted by Crippen LogP contribution is 2.21. The van der Waals surface area contributed by atoms with Gasteiger partial charge in [0.2, 0.25) is 0 Å². The second-order valence-electron chi connectivity index (χ2n) is 4.82. The molecule has 0 spiro atoms. The first-order chi connectivity index (χ1) is 9.20. The third-order valence-corrected chi connectivity index (χ3v) is 3.08. The van der Waals surface area contributed by atoms with Gasteiger partial charge in [0.1, 0.15) is 5.82 Å². The molecule has 0 amide bonds. The van der Waals surface area contributed by atoms with Gasteiger partial charge in [-0.05, 0) is 30.5 Å². The summed E-state index contributed by atoms with van der Waals surface area (Å²) in [5.74, 6) is 1.03. The quantitative estimate of drug-likeness (QED) is 0.890. The number of hydrogen-bond donors (Lipinski definition) is 1. The average molecular weight is 255 g/mol. The highest BCUT2D eigenvalue weighted by atomic mass is 15.2. The Labute approximate surface area is 115 Å². The van der Waals surface area contributed by atoms with Crippen LogP contribution < -0.4 is 10.6 Å². The number of pyridine rings is 1. The summed E-state index contributed by atoms with van der Waals surface area (Å²) in [6.07, 6.45) is 2.83. The smallest absolute Gasteiger partial charge is 0.131 e. The first-order valence-corrected chi connectivity index (χ1v) is 6.71. The third kappa shape index (κ3) is 3.47.